The van der Waals surface area contributed by atoms with Crippen LogP contribution in [0.5, 0.6) is 0 Å². The fourth-order valence-electron chi connectivity index (χ4n) is 4.43. The molecule has 2 aromatic rings. The number of hydrogen-bond donors (Lipinski definition) is 1. The molecule has 3 heterocycles. The lowest BCUT2D eigenvalue weighted by atomic mass is 9.88. The maximum absolute atomic E-state index is 13.8. The fraction of sp³-hybridized carbons (Fsp3) is 0.429. The number of halogens is 1. The van der Waals surface area contributed by atoms with Crippen LogP contribution in [0.4, 0.5) is 4.39 Å². The Labute approximate surface area is 167 Å². The summed E-state index contributed by atoms with van der Waals surface area (Å²) in [4.78, 5) is 42.7. The molecule has 1 N–H and O–H groups in total. The van der Waals surface area contributed by atoms with Crippen molar-refractivity contribution in [1.82, 2.24) is 19.8 Å². The van der Waals surface area contributed by atoms with Gasteiger partial charge in [-0.2, -0.15) is 0 Å². The second kappa shape index (κ2) is 8.14. The Morgan fingerprint density at radius 1 is 1.24 bits per heavy atom. The van der Waals surface area contributed by atoms with Gasteiger partial charge >= 0.3 is 5.69 Å². The SMILES string of the molecule is O=C1CCCC[C@@H]2[C@@H](N1)[C@H](c1cccc(F)c1)CN2C(=O)Cn1cccnc1=O. The first-order valence-electron chi connectivity index (χ1n) is 9.88. The van der Waals surface area contributed by atoms with Gasteiger partial charge in [0, 0.05) is 31.3 Å². The highest BCUT2D eigenvalue weighted by Crippen LogP contribution is 2.36. The molecule has 4 rings (SSSR count). The molecule has 29 heavy (non-hydrogen) atoms. The van der Waals surface area contributed by atoms with Crippen LogP contribution in [0.1, 0.15) is 37.2 Å². The molecule has 0 spiro atoms. The van der Waals surface area contributed by atoms with Crippen LogP contribution in [-0.2, 0) is 16.1 Å². The van der Waals surface area contributed by atoms with Gasteiger partial charge in [-0.15, -0.1) is 0 Å². The summed E-state index contributed by atoms with van der Waals surface area (Å²) in [6, 6.07) is 7.45. The molecule has 0 unspecified atom stereocenters. The van der Waals surface area contributed by atoms with Crippen molar-refractivity contribution in [3.63, 3.8) is 0 Å². The van der Waals surface area contributed by atoms with Gasteiger partial charge in [-0.1, -0.05) is 18.6 Å². The second-order valence-corrected chi connectivity index (χ2v) is 7.64. The van der Waals surface area contributed by atoms with Crippen LogP contribution in [0.25, 0.3) is 0 Å². The van der Waals surface area contributed by atoms with Crippen LogP contribution in [0, 0.1) is 5.82 Å². The molecule has 0 saturated carbocycles. The molecule has 1 aromatic carbocycles. The molecule has 0 radical (unpaired) electrons. The van der Waals surface area contributed by atoms with E-state index in [2.05, 4.69) is 10.3 Å². The van der Waals surface area contributed by atoms with E-state index in [0.29, 0.717) is 13.0 Å². The molecule has 3 atom stereocenters. The number of carbonyl (C=O) groups is 2. The maximum Gasteiger partial charge on any atom is 0.347 e. The number of nitrogens with zero attached hydrogens (tertiary/aromatic N) is 3. The Balaban J connectivity index is 1.64. The highest BCUT2D eigenvalue weighted by molar-refractivity contribution is 5.79. The van der Waals surface area contributed by atoms with Crippen molar-refractivity contribution < 1.29 is 14.0 Å². The summed E-state index contributed by atoms with van der Waals surface area (Å²) < 4.78 is 15.1. The van der Waals surface area contributed by atoms with Crippen molar-refractivity contribution >= 4 is 11.8 Å². The molecule has 0 bridgehead atoms. The van der Waals surface area contributed by atoms with Crippen LogP contribution in [0.15, 0.2) is 47.5 Å². The molecule has 7 nitrogen and oxygen atoms in total. The third-order valence-corrected chi connectivity index (χ3v) is 5.81. The van der Waals surface area contributed by atoms with Gasteiger partial charge in [0.2, 0.25) is 11.8 Å². The van der Waals surface area contributed by atoms with Crippen molar-refractivity contribution in [3.05, 3.63) is 64.6 Å². The zero-order valence-corrected chi connectivity index (χ0v) is 16.0. The van der Waals surface area contributed by atoms with Crippen molar-refractivity contribution in [1.29, 1.82) is 0 Å². The number of benzene rings is 1. The second-order valence-electron chi connectivity index (χ2n) is 7.64. The summed E-state index contributed by atoms with van der Waals surface area (Å²) in [5.41, 5.74) is 0.277. The number of nitrogens with one attached hydrogen (secondary N) is 1. The Kier molecular flexibility index (Phi) is 5.42. The number of aromatic nitrogens is 2. The molecule has 1 aromatic heterocycles. The lowest BCUT2D eigenvalue weighted by molar-refractivity contribution is -0.134. The van der Waals surface area contributed by atoms with Crippen molar-refractivity contribution in [2.45, 2.75) is 50.2 Å². The van der Waals surface area contributed by atoms with Crippen LogP contribution in [0.2, 0.25) is 0 Å². The van der Waals surface area contributed by atoms with Crippen molar-refractivity contribution in [3.8, 4) is 0 Å². The highest BCUT2D eigenvalue weighted by Gasteiger charge is 2.45. The van der Waals surface area contributed by atoms with E-state index < -0.39 is 5.69 Å². The summed E-state index contributed by atoms with van der Waals surface area (Å²) in [5.74, 6) is -0.794. The molecule has 2 fully saturated rings. The van der Waals surface area contributed by atoms with E-state index in [1.54, 1.807) is 17.0 Å². The zero-order valence-electron chi connectivity index (χ0n) is 16.0. The monoisotopic (exact) mass is 398 g/mol. The lowest BCUT2D eigenvalue weighted by Gasteiger charge is -2.31. The van der Waals surface area contributed by atoms with Gasteiger partial charge in [0.1, 0.15) is 12.4 Å². The third kappa shape index (κ3) is 4.06. The summed E-state index contributed by atoms with van der Waals surface area (Å²) >= 11 is 0. The normalized spacial score (nSPS) is 24.4. The van der Waals surface area contributed by atoms with E-state index in [1.165, 1.54) is 29.1 Å². The topological polar surface area (TPSA) is 84.3 Å². The predicted octanol–water partition coefficient (Wildman–Crippen LogP) is 1.44. The summed E-state index contributed by atoms with van der Waals surface area (Å²) in [6.45, 7) is 0.257. The van der Waals surface area contributed by atoms with Crippen molar-refractivity contribution in [2.24, 2.45) is 0 Å². The van der Waals surface area contributed by atoms with Gasteiger partial charge in [-0.3, -0.25) is 14.2 Å². The number of amides is 2. The van der Waals surface area contributed by atoms with Gasteiger partial charge in [0.25, 0.3) is 0 Å². The van der Waals surface area contributed by atoms with Crippen LogP contribution in [0.3, 0.4) is 0 Å². The van der Waals surface area contributed by atoms with E-state index in [9.17, 15) is 18.8 Å². The first-order valence-corrected chi connectivity index (χ1v) is 9.88. The zero-order chi connectivity index (χ0) is 20.4. The molecular formula is C21H23FN4O3. The molecule has 2 amide bonds. The molecule has 0 aliphatic carbocycles. The van der Waals surface area contributed by atoms with E-state index >= 15 is 0 Å². The number of carbonyl (C=O) groups excluding carboxylic acids is 2. The first-order chi connectivity index (χ1) is 14.0. The van der Waals surface area contributed by atoms with E-state index in [-0.39, 0.29) is 42.2 Å². The van der Waals surface area contributed by atoms with Gasteiger partial charge in [0.15, 0.2) is 0 Å². The Morgan fingerprint density at radius 3 is 2.90 bits per heavy atom. The van der Waals surface area contributed by atoms with Crippen LogP contribution >= 0.6 is 0 Å². The molecule has 2 aliphatic heterocycles. The fourth-order valence-corrected chi connectivity index (χ4v) is 4.43. The Hall–Kier alpha value is -3.03. The molecule has 8 heteroatoms. The predicted molar refractivity (Wildman–Crippen MR) is 104 cm³/mol. The third-order valence-electron chi connectivity index (χ3n) is 5.81. The molecule has 2 saturated heterocycles. The van der Waals surface area contributed by atoms with Crippen molar-refractivity contribution in [2.75, 3.05) is 6.54 Å². The van der Waals surface area contributed by atoms with Crippen LogP contribution < -0.4 is 11.0 Å². The highest BCUT2D eigenvalue weighted by atomic mass is 19.1. The van der Waals surface area contributed by atoms with E-state index in [4.69, 9.17) is 0 Å². The standard InChI is InChI=1S/C21H23FN4O3/c22-15-6-3-5-14(11-15)16-12-26(17-7-1-2-8-18(27)24-20(16)17)19(28)13-25-10-4-9-23-21(25)29/h3-6,9-11,16-17,20H,1-2,7-8,12-13H2,(H,24,27)/t16-,17+,20-/m0/s1. The average molecular weight is 398 g/mol. The maximum atomic E-state index is 13.8. The smallest absolute Gasteiger partial charge is 0.347 e. The Bertz CT molecular complexity index is 976. The largest absolute Gasteiger partial charge is 0.351 e. The van der Waals surface area contributed by atoms with E-state index in [1.807, 2.05) is 6.07 Å². The Morgan fingerprint density at radius 2 is 2.10 bits per heavy atom. The molecular weight excluding hydrogens is 375 g/mol. The van der Waals surface area contributed by atoms with Gasteiger partial charge in [-0.25, -0.2) is 14.2 Å². The van der Waals surface area contributed by atoms with E-state index in [0.717, 1.165) is 24.8 Å². The number of likely N-dealkylation sites (tertiary alicyclic amines) is 1. The molecule has 2 aliphatic rings. The minimum Gasteiger partial charge on any atom is -0.351 e. The average Bonchev–Trinajstić information content (AvgIpc) is 3.03. The quantitative estimate of drug-likeness (QED) is 0.848. The van der Waals surface area contributed by atoms with Gasteiger partial charge < -0.3 is 10.2 Å². The summed E-state index contributed by atoms with van der Waals surface area (Å²) in [6.07, 6.45) is 5.73. The van der Waals surface area contributed by atoms with Gasteiger partial charge in [-0.05, 0) is 36.6 Å². The van der Waals surface area contributed by atoms with Gasteiger partial charge in [0.05, 0.1) is 12.1 Å². The molecule has 152 valence electrons. The number of rotatable bonds is 3. The summed E-state index contributed by atoms with van der Waals surface area (Å²) in [5, 5.41) is 3.07. The summed E-state index contributed by atoms with van der Waals surface area (Å²) in [7, 11) is 0. The minimum atomic E-state index is -0.482. The minimum absolute atomic E-state index is 0.0427. The van der Waals surface area contributed by atoms with Crippen LogP contribution in [-0.4, -0.2) is 44.9 Å². The number of fused-ring (bicyclic) bond motifs is 1. The lowest BCUT2D eigenvalue weighted by Crippen LogP contribution is -2.49. The number of hydrogen-bond acceptors (Lipinski definition) is 4. The first kappa shape index (κ1) is 19.3.